The quantitative estimate of drug-likeness (QED) is 0.161. The van der Waals surface area contributed by atoms with Gasteiger partial charge in [0.15, 0.2) is 5.58 Å². The summed E-state index contributed by atoms with van der Waals surface area (Å²) >= 11 is 0. The Morgan fingerprint density at radius 1 is 0.464 bits per heavy atom. The van der Waals surface area contributed by atoms with Gasteiger partial charge in [-0.1, -0.05) is 146 Å². The fraction of sp³-hybridized carbons (Fsp3) is 0.446. The van der Waals surface area contributed by atoms with Gasteiger partial charge in [0.1, 0.15) is 5.58 Å². The highest BCUT2D eigenvalue weighted by Gasteiger charge is 2.50. The van der Waals surface area contributed by atoms with Gasteiger partial charge in [0, 0.05) is 39.2 Å². The molecule has 2 aliphatic heterocycles. The minimum absolute atomic E-state index is 0.0210. The molecule has 0 unspecified atom stereocenters. The summed E-state index contributed by atoms with van der Waals surface area (Å²) < 4.78 is 7.49. The average Bonchev–Trinajstić information content (AvgIpc) is 3.72. The van der Waals surface area contributed by atoms with Crippen LogP contribution in [0.1, 0.15) is 186 Å². The second kappa shape index (κ2) is 13.8. The van der Waals surface area contributed by atoms with Gasteiger partial charge in [0.25, 0.3) is 6.71 Å². The summed E-state index contributed by atoms with van der Waals surface area (Å²) in [6.07, 6.45) is 5.84. The first-order valence-electron chi connectivity index (χ1n) is 26.3. The summed E-state index contributed by atoms with van der Waals surface area (Å²) in [5, 5.41) is 2.42. The van der Waals surface area contributed by atoms with E-state index in [4.69, 9.17) is 4.42 Å². The Kier molecular flexibility index (Phi) is 8.99. The van der Waals surface area contributed by atoms with Gasteiger partial charge >= 0.3 is 0 Å². The highest BCUT2D eigenvalue weighted by Crippen LogP contribution is 2.56. The van der Waals surface area contributed by atoms with E-state index in [-0.39, 0.29) is 44.6 Å². The zero-order valence-electron chi connectivity index (χ0n) is 45.0. The molecule has 354 valence electrons. The smallest absolute Gasteiger partial charge is 0.252 e. The number of fused-ring (bicyclic) bond motifs is 11. The molecule has 3 heterocycles. The van der Waals surface area contributed by atoms with Crippen molar-refractivity contribution in [3.63, 3.8) is 0 Å². The zero-order valence-corrected chi connectivity index (χ0v) is 45.0. The summed E-state index contributed by atoms with van der Waals surface area (Å²) in [4.78, 5) is 5.37. The van der Waals surface area contributed by atoms with E-state index in [9.17, 15) is 0 Å². The SMILES string of the molecule is Cc1cc2c(cc1N1c3cc4c(cc3B3c5ccc6c(oc7cc8c(cc76)C(C)(C)CCC8(C)C)c5N(c5ccccc5C)c5cc(C(C)(C)C)cc1c53)C(C)(C)CC4(C)C)C(C)(C)CCC2(C)C. The first kappa shape index (κ1) is 45.0. The Morgan fingerprint density at radius 2 is 0.986 bits per heavy atom. The van der Waals surface area contributed by atoms with E-state index in [1.807, 2.05) is 0 Å². The van der Waals surface area contributed by atoms with E-state index in [2.05, 4.69) is 212 Å². The maximum Gasteiger partial charge on any atom is 0.252 e. The molecule has 6 aromatic carbocycles. The molecule has 0 bridgehead atoms. The lowest BCUT2D eigenvalue weighted by molar-refractivity contribution is 0.332. The standard InChI is InChI=1S/C65H75BN2O/c1-37-20-18-19-21-50(37)68-54-30-39(59(3,4)5)29-53-56(54)66(48-23-22-40-41-31-43-47(35-55(41)69-58(40)57(48)68)63(12,13)27-25-61(43,8)9)49-32-44-46(65(16,17)36-64(44,14)15)34-52(49)67(53)51-33-45-42(28-38(51)2)60(6,7)24-26-62(45,10)11/h18-23,28-35H,24-27,36H2,1-17H3. The van der Waals surface area contributed by atoms with Crippen LogP contribution in [0.15, 0.2) is 89.3 Å². The number of rotatable bonds is 2. The molecule has 3 nitrogen and oxygen atoms in total. The first-order chi connectivity index (χ1) is 32.1. The highest BCUT2D eigenvalue weighted by molar-refractivity contribution is 7.00. The molecule has 69 heavy (non-hydrogen) atoms. The van der Waals surface area contributed by atoms with Crippen molar-refractivity contribution in [2.24, 2.45) is 0 Å². The molecule has 5 aliphatic rings. The largest absolute Gasteiger partial charge is 0.454 e. The minimum atomic E-state index is -0.129. The lowest BCUT2D eigenvalue weighted by Gasteiger charge is -2.47. The van der Waals surface area contributed by atoms with Crippen LogP contribution in [-0.4, -0.2) is 6.71 Å². The van der Waals surface area contributed by atoms with Crippen LogP contribution >= 0.6 is 0 Å². The first-order valence-corrected chi connectivity index (χ1v) is 26.3. The van der Waals surface area contributed by atoms with Crippen LogP contribution in [0.2, 0.25) is 0 Å². The van der Waals surface area contributed by atoms with Gasteiger partial charge in [-0.3, -0.25) is 0 Å². The van der Waals surface area contributed by atoms with Gasteiger partial charge in [-0.05, 0) is 193 Å². The number of anilines is 6. The number of hydrogen-bond donors (Lipinski definition) is 0. The Bertz CT molecular complexity index is 3400. The van der Waals surface area contributed by atoms with Crippen LogP contribution in [-0.2, 0) is 37.9 Å². The minimum Gasteiger partial charge on any atom is -0.454 e. The maximum absolute atomic E-state index is 7.49. The molecule has 0 fully saturated rings. The molecule has 3 aliphatic carbocycles. The molecule has 0 saturated heterocycles. The fourth-order valence-electron chi connectivity index (χ4n) is 14.5. The second-order valence-electron chi connectivity index (χ2n) is 27.6. The number of para-hydroxylation sites is 1. The van der Waals surface area contributed by atoms with Crippen molar-refractivity contribution in [1.82, 2.24) is 0 Å². The summed E-state index contributed by atoms with van der Waals surface area (Å²) in [6.45, 7) is 41.4. The average molecular weight is 911 g/mol. The molecular weight excluding hydrogens is 836 g/mol. The fourth-order valence-corrected chi connectivity index (χ4v) is 14.5. The van der Waals surface area contributed by atoms with E-state index in [0.717, 1.165) is 17.6 Å². The molecule has 4 heteroatoms. The lowest BCUT2D eigenvalue weighted by Crippen LogP contribution is -2.61. The van der Waals surface area contributed by atoms with E-state index in [1.165, 1.54) is 137 Å². The van der Waals surface area contributed by atoms with Crippen molar-refractivity contribution in [2.75, 3.05) is 9.80 Å². The molecule has 0 N–H and O–H groups in total. The van der Waals surface area contributed by atoms with Crippen molar-refractivity contribution in [2.45, 2.75) is 188 Å². The highest BCUT2D eigenvalue weighted by atomic mass is 16.3. The molecule has 0 amide bonds. The molecule has 1 aromatic heterocycles. The third-order valence-electron chi connectivity index (χ3n) is 18.8. The number of benzene rings is 6. The molecule has 0 spiro atoms. The summed E-state index contributed by atoms with van der Waals surface area (Å²) in [6, 6.07) is 34.6. The third kappa shape index (κ3) is 6.24. The van der Waals surface area contributed by atoms with E-state index in [1.54, 1.807) is 0 Å². The van der Waals surface area contributed by atoms with Gasteiger partial charge in [0.2, 0.25) is 0 Å². The van der Waals surface area contributed by atoms with Gasteiger partial charge in [-0.25, -0.2) is 0 Å². The summed E-state index contributed by atoms with van der Waals surface area (Å²) in [5.74, 6) is 0. The predicted octanol–water partition coefficient (Wildman–Crippen LogP) is 16.2. The molecular formula is C65H75BN2O. The van der Waals surface area contributed by atoms with Crippen LogP contribution in [0, 0.1) is 13.8 Å². The Morgan fingerprint density at radius 3 is 1.59 bits per heavy atom. The molecule has 0 radical (unpaired) electrons. The van der Waals surface area contributed by atoms with Crippen molar-refractivity contribution in [3.05, 3.63) is 135 Å². The van der Waals surface area contributed by atoms with Crippen LogP contribution in [0.3, 0.4) is 0 Å². The molecule has 12 rings (SSSR count). The van der Waals surface area contributed by atoms with Crippen LogP contribution in [0.25, 0.3) is 21.9 Å². The predicted molar refractivity (Wildman–Crippen MR) is 297 cm³/mol. The second-order valence-corrected chi connectivity index (χ2v) is 27.6. The van der Waals surface area contributed by atoms with Crippen molar-refractivity contribution >= 4 is 79.2 Å². The van der Waals surface area contributed by atoms with E-state index in [0.29, 0.717) is 0 Å². The van der Waals surface area contributed by atoms with Crippen LogP contribution < -0.4 is 26.2 Å². The summed E-state index contributed by atoms with van der Waals surface area (Å²) in [5.41, 5.74) is 26.7. The maximum atomic E-state index is 7.49. The zero-order chi connectivity index (χ0) is 49.1. The summed E-state index contributed by atoms with van der Waals surface area (Å²) in [7, 11) is 0. The van der Waals surface area contributed by atoms with Crippen molar-refractivity contribution in [3.8, 4) is 0 Å². The molecule has 7 aromatic rings. The van der Waals surface area contributed by atoms with Crippen LogP contribution in [0.5, 0.6) is 0 Å². The van der Waals surface area contributed by atoms with Gasteiger partial charge in [-0.2, -0.15) is 0 Å². The number of nitrogens with zero attached hydrogens (tertiary/aromatic N) is 2. The normalized spacial score (nSPS) is 20.6. The Balaban J connectivity index is 1.24. The number of aryl methyl sites for hydroxylation is 2. The third-order valence-corrected chi connectivity index (χ3v) is 18.8. The lowest BCUT2D eigenvalue weighted by atomic mass is 9.33. The monoisotopic (exact) mass is 911 g/mol. The van der Waals surface area contributed by atoms with Gasteiger partial charge in [0.05, 0.1) is 5.69 Å². The Labute approximate surface area is 414 Å². The van der Waals surface area contributed by atoms with E-state index >= 15 is 0 Å². The Hall–Kier alpha value is -5.22. The van der Waals surface area contributed by atoms with Crippen LogP contribution in [0.4, 0.5) is 34.1 Å². The van der Waals surface area contributed by atoms with Crippen molar-refractivity contribution in [1.29, 1.82) is 0 Å². The molecule has 0 atom stereocenters. The molecule has 0 saturated carbocycles. The van der Waals surface area contributed by atoms with Gasteiger partial charge < -0.3 is 14.2 Å². The topological polar surface area (TPSA) is 19.6 Å². The van der Waals surface area contributed by atoms with Gasteiger partial charge in [-0.15, -0.1) is 0 Å². The van der Waals surface area contributed by atoms with Crippen molar-refractivity contribution < 1.29 is 4.42 Å². The number of hydrogen-bond acceptors (Lipinski definition) is 3. The number of furan rings is 1. The van der Waals surface area contributed by atoms with E-state index < -0.39 is 0 Å².